The molecule has 3 nitrogen and oxygen atoms in total. The number of nitriles is 1. The third kappa shape index (κ3) is 4.14. The number of hydrogen-bond donors (Lipinski definition) is 0. The molecule has 0 radical (unpaired) electrons. The van der Waals surface area contributed by atoms with E-state index >= 15 is 0 Å². The van der Waals surface area contributed by atoms with E-state index in [0.29, 0.717) is 0 Å². The van der Waals surface area contributed by atoms with E-state index in [-0.39, 0.29) is 12.1 Å². The van der Waals surface area contributed by atoms with Gasteiger partial charge in [-0.05, 0) is 6.92 Å². The van der Waals surface area contributed by atoms with E-state index in [9.17, 15) is 4.79 Å². The first kappa shape index (κ1) is 11.2. The van der Waals surface area contributed by atoms with E-state index in [0.717, 1.165) is 0 Å². The molecule has 0 rings (SSSR count). The van der Waals surface area contributed by atoms with Crippen LogP contribution in [0.1, 0.15) is 13.3 Å². The lowest BCUT2D eigenvalue weighted by atomic mass is 10.5. The summed E-state index contributed by atoms with van der Waals surface area (Å²) in [4.78, 5) is 10.9. The van der Waals surface area contributed by atoms with Gasteiger partial charge in [-0.2, -0.15) is 5.26 Å². The maximum atomic E-state index is 10.9. The van der Waals surface area contributed by atoms with Crippen LogP contribution in [0.15, 0.2) is 0 Å². The average Bonchev–Trinajstić information content (AvgIpc) is 1.85. The number of hydrogen-bond acceptors (Lipinski definition) is 3. The second-order valence-electron chi connectivity index (χ2n) is 3.83. The molecule has 0 spiro atoms. The fraction of sp³-hybridized carbons (Fsp3) is 0.750. The predicted molar refractivity (Wildman–Crippen MR) is 49.1 cm³/mol. The maximum absolute atomic E-state index is 10.9. The Labute approximate surface area is 74.3 Å². The molecule has 0 bridgehead atoms. The minimum Gasteiger partial charge on any atom is -0.466 e. The lowest BCUT2D eigenvalue weighted by Crippen LogP contribution is -2.39. The van der Waals surface area contributed by atoms with Gasteiger partial charge in [0, 0.05) is 0 Å². The zero-order chi connectivity index (χ0) is 9.78. The summed E-state index contributed by atoms with van der Waals surface area (Å²) >= 11 is 0. The lowest BCUT2D eigenvalue weighted by Gasteiger charge is -2.24. The van der Waals surface area contributed by atoms with Crippen molar-refractivity contribution >= 4 is 14.0 Å². The van der Waals surface area contributed by atoms with E-state index in [1.54, 1.807) is 6.07 Å². The molecule has 0 aromatic carbocycles. The molecule has 1 atom stereocenters. The highest BCUT2D eigenvalue weighted by atomic mass is 28.3. The van der Waals surface area contributed by atoms with Gasteiger partial charge in [0.2, 0.25) is 0 Å². The average molecular weight is 185 g/mol. The number of esters is 1. The van der Waals surface area contributed by atoms with Gasteiger partial charge in [-0.15, -0.1) is 0 Å². The molecule has 0 saturated heterocycles. The molecule has 0 heterocycles. The van der Waals surface area contributed by atoms with E-state index in [2.05, 4.69) is 19.6 Å². The van der Waals surface area contributed by atoms with Crippen LogP contribution in [0, 0.1) is 11.3 Å². The normalized spacial score (nSPS) is 13.2. The molecule has 68 valence electrons. The van der Waals surface area contributed by atoms with Crippen molar-refractivity contribution in [3.05, 3.63) is 0 Å². The van der Waals surface area contributed by atoms with Gasteiger partial charge in [0.15, 0.2) is 0 Å². The number of carbonyl (C=O) groups excluding carboxylic acids is 1. The van der Waals surface area contributed by atoms with Gasteiger partial charge in [-0.25, -0.2) is 0 Å². The highest BCUT2D eigenvalue weighted by molar-refractivity contribution is 6.77. The molecule has 1 unspecified atom stereocenters. The second-order valence-corrected chi connectivity index (χ2v) is 9.38. The molecule has 12 heavy (non-hydrogen) atoms. The Kier molecular flexibility index (Phi) is 3.97. The minimum atomic E-state index is -1.40. The van der Waals surface area contributed by atoms with E-state index in [1.165, 1.54) is 0 Å². The van der Waals surface area contributed by atoms with Crippen LogP contribution in [-0.2, 0) is 9.53 Å². The zero-order valence-corrected chi connectivity index (χ0v) is 9.05. The van der Waals surface area contributed by atoms with Crippen LogP contribution in [0.2, 0.25) is 19.6 Å². The molecule has 0 fully saturated rings. The standard InChI is InChI=1S/C8H15NO2Si/c1-7(12(2,3)4)11-8(10)5-6-9/h7H,5H2,1-4H3. The second kappa shape index (κ2) is 4.26. The number of rotatable bonds is 3. The Morgan fingerprint density at radius 3 is 2.42 bits per heavy atom. The van der Waals surface area contributed by atoms with Gasteiger partial charge in [-0.3, -0.25) is 4.79 Å². The van der Waals surface area contributed by atoms with Crippen LogP contribution < -0.4 is 0 Å². The quantitative estimate of drug-likeness (QED) is 0.497. The SMILES string of the molecule is CC(OC(=O)CC#N)[Si](C)(C)C. The van der Waals surface area contributed by atoms with E-state index < -0.39 is 14.0 Å². The Hall–Kier alpha value is -0.823. The van der Waals surface area contributed by atoms with E-state index in [1.807, 2.05) is 6.92 Å². The summed E-state index contributed by atoms with van der Waals surface area (Å²) in [6.45, 7) is 8.26. The first-order chi connectivity index (χ1) is 5.38. The topological polar surface area (TPSA) is 50.1 Å². The summed E-state index contributed by atoms with van der Waals surface area (Å²) < 4.78 is 5.06. The molecule has 0 aliphatic heterocycles. The van der Waals surface area contributed by atoms with Crippen molar-refractivity contribution in [2.75, 3.05) is 0 Å². The molecule has 0 amide bonds. The van der Waals surface area contributed by atoms with Crippen molar-refractivity contribution in [1.29, 1.82) is 5.26 Å². The Balaban J connectivity index is 3.95. The van der Waals surface area contributed by atoms with Gasteiger partial charge in [0.1, 0.15) is 6.42 Å². The van der Waals surface area contributed by atoms with Crippen LogP contribution in [-0.4, -0.2) is 19.8 Å². The Morgan fingerprint density at radius 1 is 1.58 bits per heavy atom. The Bertz CT molecular complexity index is 202. The third-order valence-corrected chi connectivity index (χ3v) is 4.31. The summed E-state index contributed by atoms with van der Waals surface area (Å²) in [5, 5.41) is 8.21. The first-order valence-corrected chi connectivity index (χ1v) is 7.52. The molecule has 0 aliphatic rings. The van der Waals surface area contributed by atoms with Crippen LogP contribution in [0.25, 0.3) is 0 Å². The zero-order valence-electron chi connectivity index (χ0n) is 8.05. The van der Waals surface area contributed by atoms with Gasteiger partial charge < -0.3 is 4.74 Å². The number of ether oxygens (including phenoxy) is 1. The third-order valence-electron chi connectivity index (χ3n) is 1.75. The summed E-state index contributed by atoms with van der Waals surface area (Å²) in [5.74, 6) is -0.410. The van der Waals surface area contributed by atoms with Crippen LogP contribution >= 0.6 is 0 Å². The first-order valence-electron chi connectivity index (χ1n) is 3.94. The van der Waals surface area contributed by atoms with Crippen LogP contribution in [0.5, 0.6) is 0 Å². The molecule has 0 aromatic rings. The number of nitrogens with zero attached hydrogens (tertiary/aromatic N) is 1. The number of carbonyl (C=O) groups is 1. The fourth-order valence-electron chi connectivity index (χ4n) is 0.480. The summed E-state index contributed by atoms with van der Waals surface area (Å²) in [6.07, 6.45) is -0.144. The van der Waals surface area contributed by atoms with Gasteiger partial charge in [0.25, 0.3) is 0 Å². The van der Waals surface area contributed by atoms with Crippen molar-refractivity contribution in [2.24, 2.45) is 0 Å². The van der Waals surface area contributed by atoms with Gasteiger partial charge >= 0.3 is 5.97 Å². The molecule has 0 saturated carbocycles. The summed E-state index contributed by atoms with van der Waals surface area (Å²) in [7, 11) is -1.40. The molecular weight excluding hydrogens is 170 g/mol. The van der Waals surface area contributed by atoms with Crippen molar-refractivity contribution in [3.8, 4) is 6.07 Å². The molecule has 0 aromatic heterocycles. The molecule has 0 aliphatic carbocycles. The molecule has 0 N–H and O–H groups in total. The molecule has 4 heteroatoms. The van der Waals surface area contributed by atoms with Crippen LogP contribution in [0.4, 0.5) is 0 Å². The van der Waals surface area contributed by atoms with Gasteiger partial charge in [0.05, 0.1) is 19.9 Å². The van der Waals surface area contributed by atoms with Crippen molar-refractivity contribution < 1.29 is 9.53 Å². The summed E-state index contributed by atoms with van der Waals surface area (Å²) in [5.41, 5.74) is -0.0154. The van der Waals surface area contributed by atoms with Crippen molar-refractivity contribution in [3.63, 3.8) is 0 Å². The monoisotopic (exact) mass is 185 g/mol. The van der Waals surface area contributed by atoms with Crippen LogP contribution in [0.3, 0.4) is 0 Å². The highest BCUT2D eigenvalue weighted by Gasteiger charge is 2.25. The lowest BCUT2D eigenvalue weighted by molar-refractivity contribution is -0.144. The Morgan fingerprint density at radius 2 is 2.08 bits per heavy atom. The van der Waals surface area contributed by atoms with Crippen molar-refractivity contribution in [1.82, 2.24) is 0 Å². The minimum absolute atomic E-state index is 0.0154. The largest absolute Gasteiger partial charge is 0.466 e. The highest BCUT2D eigenvalue weighted by Crippen LogP contribution is 2.11. The van der Waals surface area contributed by atoms with Gasteiger partial charge in [-0.1, -0.05) is 19.6 Å². The predicted octanol–water partition coefficient (Wildman–Crippen LogP) is 1.71. The molecular formula is C8H15NO2Si. The van der Waals surface area contributed by atoms with Crippen molar-refractivity contribution in [2.45, 2.75) is 38.7 Å². The smallest absolute Gasteiger partial charge is 0.320 e. The maximum Gasteiger partial charge on any atom is 0.320 e. The summed E-state index contributed by atoms with van der Waals surface area (Å²) in [6, 6.07) is 1.77. The fourth-order valence-corrected chi connectivity index (χ4v) is 0.965. The van der Waals surface area contributed by atoms with E-state index in [4.69, 9.17) is 10.00 Å².